The first-order valence-corrected chi connectivity index (χ1v) is 8.46. The first-order valence-electron chi connectivity index (χ1n) is 8.46. The summed E-state index contributed by atoms with van der Waals surface area (Å²) in [6, 6.07) is 2.50. The smallest absolute Gasteiger partial charge is 0.412 e. The molecule has 9 heteroatoms. The highest BCUT2D eigenvalue weighted by atomic mass is 16.6. The number of nitro groups is 1. The lowest BCUT2D eigenvalue weighted by Gasteiger charge is -2.35. The van der Waals surface area contributed by atoms with Crippen LogP contribution in [0.3, 0.4) is 0 Å². The first-order chi connectivity index (χ1) is 11.9. The van der Waals surface area contributed by atoms with Crippen LogP contribution in [0.25, 0.3) is 0 Å². The van der Waals surface area contributed by atoms with Crippen molar-refractivity contribution in [3.05, 3.63) is 28.4 Å². The number of amides is 1. The molecule has 0 spiro atoms. The largest absolute Gasteiger partial charge is 0.444 e. The van der Waals surface area contributed by atoms with Crippen molar-refractivity contribution in [2.24, 2.45) is 0 Å². The van der Waals surface area contributed by atoms with Crippen molar-refractivity contribution in [2.75, 3.05) is 11.9 Å². The molecule has 1 aromatic heterocycles. The van der Waals surface area contributed by atoms with Crippen molar-refractivity contribution in [3.8, 4) is 0 Å². The molecule has 2 rings (SSSR count). The minimum absolute atomic E-state index is 0.123. The van der Waals surface area contributed by atoms with E-state index < -0.39 is 22.3 Å². The maximum absolute atomic E-state index is 12.7. The minimum atomic E-state index is -0.857. The van der Waals surface area contributed by atoms with Crippen molar-refractivity contribution in [1.29, 1.82) is 0 Å². The molecule has 1 aliphatic heterocycles. The van der Waals surface area contributed by atoms with Crippen LogP contribution in [0.4, 0.5) is 16.3 Å². The molecule has 1 aromatic rings. The summed E-state index contributed by atoms with van der Waals surface area (Å²) < 4.78 is 11.4. The number of hydrogen-bond acceptors (Lipinski definition) is 7. The third-order valence-electron chi connectivity index (χ3n) is 3.98. The Morgan fingerprint density at radius 2 is 2.15 bits per heavy atom. The van der Waals surface area contributed by atoms with Crippen LogP contribution in [0, 0.1) is 10.1 Å². The van der Waals surface area contributed by atoms with Crippen molar-refractivity contribution in [2.45, 2.75) is 65.0 Å². The Balaban J connectivity index is 2.20. The number of nitrogens with one attached hydrogen (secondary N) is 1. The fourth-order valence-electron chi connectivity index (χ4n) is 3.00. The van der Waals surface area contributed by atoms with Crippen LogP contribution in [0.5, 0.6) is 0 Å². The van der Waals surface area contributed by atoms with Gasteiger partial charge in [-0.05, 0) is 47.6 Å². The topological polar surface area (TPSA) is 107 Å². The monoisotopic (exact) mass is 366 g/mol. The molecule has 144 valence electrons. The minimum Gasteiger partial charge on any atom is -0.444 e. The van der Waals surface area contributed by atoms with E-state index in [1.807, 2.05) is 6.92 Å². The van der Waals surface area contributed by atoms with Crippen LogP contribution in [0.15, 0.2) is 18.3 Å². The number of pyridine rings is 1. The first kappa shape index (κ1) is 19.9. The van der Waals surface area contributed by atoms with Gasteiger partial charge in [0.25, 0.3) is 0 Å². The molecule has 1 aliphatic rings. The van der Waals surface area contributed by atoms with Gasteiger partial charge in [0.05, 0.1) is 17.1 Å². The summed E-state index contributed by atoms with van der Waals surface area (Å²) in [6.07, 6.45) is 0.696. The van der Waals surface area contributed by atoms with Crippen molar-refractivity contribution in [1.82, 2.24) is 9.88 Å². The van der Waals surface area contributed by atoms with Crippen molar-refractivity contribution >= 4 is 17.6 Å². The van der Waals surface area contributed by atoms with Gasteiger partial charge in [0, 0.05) is 18.8 Å². The maximum Gasteiger partial charge on any atom is 0.412 e. The van der Waals surface area contributed by atoms with E-state index in [0.29, 0.717) is 0 Å². The summed E-state index contributed by atoms with van der Waals surface area (Å²) >= 11 is 0. The average molecular weight is 366 g/mol. The van der Waals surface area contributed by atoms with Crippen molar-refractivity contribution < 1.29 is 19.2 Å². The van der Waals surface area contributed by atoms with Crippen LogP contribution < -0.4 is 5.32 Å². The number of hydrogen-bond donors (Lipinski definition) is 1. The Bertz CT molecular complexity index is 686. The van der Waals surface area contributed by atoms with E-state index in [1.165, 1.54) is 23.2 Å². The Kier molecular flexibility index (Phi) is 5.41. The number of carbonyl (C=O) groups excluding carboxylic acids is 1. The Hall–Kier alpha value is -2.42. The molecular weight excluding hydrogens is 340 g/mol. The predicted molar refractivity (Wildman–Crippen MR) is 95.9 cm³/mol. The zero-order chi connectivity index (χ0) is 19.7. The molecule has 0 saturated carbocycles. The van der Waals surface area contributed by atoms with Gasteiger partial charge in [0.2, 0.25) is 5.82 Å². The average Bonchev–Trinajstić information content (AvgIpc) is 2.71. The Labute approximate surface area is 152 Å². The van der Waals surface area contributed by atoms with E-state index in [2.05, 4.69) is 10.3 Å². The van der Waals surface area contributed by atoms with E-state index in [0.717, 1.165) is 0 Å². The zero-order valence-corrected chi connectivity index (χ0v) is 16.0. The normalized spacial score (nSPS) is 22.2. The fraction of sp³-hybridized carbons (Fsp3) is 0.647. The fourth-order valence-corrected chi connectivity index (χ4v) is 3.00. The van der Waals surface area contributed by atoms with Gasteiger partial charge in [0.1, 0.15) is 11.3 Å². The molecule has 1 N–H and O–H groups in total. The molecule has 0 bridgehead atoms. The third kappa shape index (κ3) is 4.40. The molecule has 2 heterocycles. The highest BCUT2D eigenvalue weighted by Gasteiger charge is 2.49. The lowest BCUT2D eigenvalue weighted by molar-refractivity contribution is -0.384. The lowest BCUT2D eigenvalue weighted by Crippen LogP contribution is -2.52. The van der Waals surface area contributed by atoms with Gasteiger partial charge in [-0.1, -0.05) is 0 Å². The Morgan fingerprint density at radius 3 is 2.73 bits per heavy atom. The van der Waals surface area contributed by atoms with Gasteiger partial charge in [-0.3, -0.25) is 15.0 Å². The van der Waals surface area contributed by atoms with Crippen LogP contribution in [-0.2, 0) is 9.47 Å². The number of rotatable bonds is 4. The SMILES string of the molecule is C[C@H]1OC(C)(C)N(C(=O)OC(C)(C)C)[C@H]1CNc1ncccc1[N+](=O)[O-]. The third-order valence-corrected chi connectivity index (χ3v) is 3.98. The summed E-state index contributed by atoms with van der Waals surface area (Å²) in [4.78, 5) is 28.9. The van der Waals surface area contributed by atoms with Crippen LogP contribution >= 0.6 is 0 Å². The van der Waals surface area contributed by atoms with Crippen molar-refractivity contribution in [3.63, 3.8) is 0 Å². The summed E-state index contributed by atoms with van der Waals surface area (Å²) in [5.41, 5.74) is -1.62. The summed E-state index contributed by atoms with van der Waals surface area (Å²) in [5.74, 6) is 0.151. The van der Waals surface area contributed by atoms with Crippen LogP contribution in [-0.4, -0.2) is 50.9 Å². The van der Waals surface area contributed by atoms with E-state index >= 15 is 0 Å². The van der Waals surface area contributed by atoms with E-state index in [-0.39, 0.29) is 30.2 Å². The predicted octanol–water partition coefficient (Wildman–Crippen LogP) is 3.16. The van der Waals surface area contributed by atoms with Crippen LogP contribution in [0.1, 0.15) is 41.5 Å². The number of aromatic nitrogens is 1. The number of nitrogens with zero attached hydrogens (tertiary/aromatic N) is 3. The molecule has 0 unspecified atom stereocenters. The Morgan fingerprint density at radius 1 is 1.50 bits per heavy atom. The molecule has 0 aromatic carbocycles. The molecular formula is C17H26N4O5. The second-order valence-corrected chi connectivity index (χ2v) is 7.70. The molecule has 9 nitrogen and oxygen atoms in total. The van der Waals surface area contributed by atoms with Gasteiger partial charge in [-0.15, -0.1) is 0 Å². The number of ether oxygens (including phenoxy) is 2. The summed E-state index contributed by atoms with van der Waals surface area (Å²) in [6.45, 7) is 11.1. The molecule has 26 heavy (non-hydrogen) atoms. The second-order valence-electron chi connectivity index (χ2n) is 7.70. The van der Waals surface area contributed by atoms with E-state index in [9.17, 15) is 14.9 Å². The molecule has 1 fully saturated rings. The highest BCUT2D eigenvalue weighted by molar-refractivity contribution is 5.70. The van der Waals surface area contributed by atoms with Gasteiger partial charge in [-0.25, -0.2) is 9.78 Å². The van der Waals surface area contributed by atoms with E-state index in [4.69, 9.17) is 9.47 Å². The second kappa shape index (κ2) is 7.06. The highest BCUT2D eigenvalue weighted by Crippen LogP contribution is 2.34. The van der Waals surface area contributed by atoms with Gasteiger partial charge in [0.15, 0.2) is 0 Å². The van der Waals surface area contributed by atoms with Gasteiger partial charge >= 0.3 is 11.8 Å². The zero-order valence-electron chi connectivity index (χ0n) is 16.0. The van der Waals surface area contributed by atoms with Gasteiger partial charge < -0.3 is 14.8 Å². The lowest BCUT2D eigenvalue weighted by atomic mass is 10.1. The van der Waals surface area contributed by atoms with Crippen LogP contribution in [0.2, 0.25) is 0 Å². The number of anilines is 1. The maximum atomic E-state index is 12.7. The molecule has 1 amide bonds. The molecule has 0 aliphatic carbocycles. The summed E-state index contributed by atoms with van der Waals surface area (Å²) in [7, 11) is 0. The number of carbonyl (C=O) groups is 1. The summed E-state index contributed by atoms with van der Waals surface area (Å²) in [5, 5.41) is 14.1. The van der Waals surface area contributed by atoms with E-state index in [1.54, 1.807) is 34.6 Å². The van der Waals surface area contributed by atoms with Gasteiger partial charge in [-0.2, -0.15) is 0 Å². The molecule has 2 atom stereocenters. The standard InChI is InChI=1S/C17H26N4O5/c1-11-13(10-19-14-12(21(23)24)8-7-9-18-14)20(17(5,6)25-11)15(22)26-16(2,3)4/h7-9,11,13H,10H2,1-6H3,(H,18,19)/t11-,13+/m1/s1. The molecule has 1 saturated heterocycles. The quantitative estimate of drug-likeness (QED) is 0.644. The molecule has 0 radical (unpaired) electrons.